The maximum Gasteiger partial charge on any atom is 0.318 e. The van der Waals surface area contributed by atoms with E-state index in [9.17, 15) is 9.90 Å². The Balaban J connectivity index is 1.84. The average molecular weight is 314 g/mol. The van der Waals surface area contributed by atoms with E-state index in [4.69, 9.17) is 9.47 Å². The number of hydrogen-bond donors (Lipinski definition) is 1. The van der Waals surface area contributed by atoms with Gasteiger partial charge >= 0.3 is 5.97 Å². The van der Waals surface area contributed by atoms with Gasteiger partial charge < -0.3 is 14.6 Å². The van der Waals surface area contributed by atoms with Crippen molar-refractivity contribution < 1.29 is 19.4 Å². The van der Waals surface area contributed by atoms with Crippen LogP contribution in [0, 0.1) is 5.41 Å². The lowest BCUT2D eigenvalue weighted by Gasteiger charge is -2.37. The Morgan fingerprint density at radius 1 is 1.39 bits per heavy atom. The molecule has 2 unspecified atom stereocenters. The number of esters is 1. The molecule has 0 radical (unpaired) electrons. The van der Waals surface area contributed by atoms with Crippen LogP contribution in [-0.2, 0) is 14.3 Å². The van der Waals surface area contributed by atoms with Crippen molar-refractivity contribution in [1.29, 1.82) is 0 Å². The van der Waals surface area contributed by atoms with Gasteiger partial charge in [-0.25, -0.2) is 0 Å². The summed E-state index contributed by atoms with van der Waals surface area (Å²) in [6.07, 6.45) is 6.35. The van der Waals surface area contributed by atoms with E-state index in [1.165, 1.54) is 0 Å². The molecule has 0 spiro atoms. The van der Waals surface area contributed by atoms with Crippen LogP contribution in [0.25, 0.3) is 6.08 Å². The summed E-state index contributed by atoms with van der Waals surface area (Å²) in [4.78, 5) is 13.0. The lowest BCUT2D eigenvalue weighted by Crippen LogP contribution is -2.49. The molecule has 1 saturated heterocycles. The highest BCUT2D eigenvalue weighted by Crippen LogP contribution is 2.64. The highest BCUT2D eigenvalue weighted by Gasteiger charge is 2.72. The van der Waals surface area contributed by atoms with Crippen LogP contribution in [0.1, 0.15) is 49.7 Å². The van der Waals surface area contributed by atoms with Crippen molar-refractivity contribution in [3.05, 3.63) is 41.5 Å². The van der Waals surface area contributed by atoms with E-state index in [1.54, 1.807) is 0 Å². The van der Waals surface area contributed by atoms with Crippen LogP contribution >= 0.6 is 0 Å². The monoisotopic (exact) mass is 314 g/mol. The Labute approximate surface area is 136 Å². The molecule has 23 heavy (non-hydrogen) atoms. The van der Waals surface area contributed by atoms with E-state index in [-0.39, 0.29) is 18.0 Å². The minimum atomic E-state index is -1.42. The first-order valence-corrected chi connectivity index (χ1v) is 8.47. The van der Waals surface area contributed by atoms with E-state index in [0.717, 1.165) is 24.0 Å². The predicted molar refractivity (Wildman–Crippen MR) is 85.6 cm³/mol. The number of hydrogen-bond acceptors (Lipinski definition) is 4. The number of rotatable bonds is 3. The van der Waals surface area contributed by atoms with E-state index in [1.807, 2.05) is 43.3 Å². The Morgan fingerprint density at radius 3 is 3.04 bits per heavy atom. The Bertz CT molecular complexity index is 667. The molecule has 0 amide bonds. The molecular formula is C19H22O4. The number of ether oxygens (including phenoxy) is 2. The molecule has 1 heterocycles. The van der Waals surface area contributed by atoms with E-state index >= 15 is 0 Å². The van der Waals surface area contributed by atoms with Crippen LogP contribution in [-0.4, -0.2) is 29.6 Å². The molecule has 2 aliphatic carbocycles. The fourth-order valence-electron chi connectivity index (χ4n) is 4.61. The van der Waals surface area contributed by atoms with Crippen molar-refractivity contribution >= 4 is 12.0 Å². The van der Waals surface area contributed by atoms with Crippen LogP contribution in [0.4, 0.5) is 0 Å². The molecule has 3 aliphatic rings. The maximum absolute atomic E-state index is 13.0. The Morgan fingerprint density at radius 2 is 2.22 bits per heavy atom. The van der Waals surface area contributed by atoms with E-state index in [2.05, 4.69) is 0 Å². The Kier molecular flexibility index (Phi) is 3.36. The molecule has 1 aromatic carbocycles. The van der Waals surface area contributed by atoms with Crippen molar-refractivity contribution in [3.8, 4) is 0 Å². The molecule has 2 fully saturated rings. The summed E-state index contributed by atoms with van der Waals surface area (Å²) >= 11 is 0. The summed E-state index contributed by atoms with van der Waals surface area (Å²) in [5.74, 6) is -1.91. The number of aliphatic hydroxyl groups is 1. The largest absolute Gasteiger partial charge is 0.465 e. The van der Waals surface area contributed by atoms with Crippen molar-refractivity contribution in [2.24, 2.45) is 5.41 Å². The minimum absolute atomic E-state index is 0.180. The lowest BCUT2D eigenvalue weighted by molar-refractivity contribution is -0.228. The van der Waals surface area contributed by atoms with Crippen LogP contribution in [0.15, 0.2) is 30.3 Å². The van der Waals surface area contributed by atoms with E-state index in [0.29, 0.717) is 19.4 Å². The molecule has 1 aromatic rings. The third-order valence-corrected chi connectivity index (χ3v) is 5.57. The fraction of sp³-hybridized carbons (Fsp3) is 0.526. The summed E-state index contributed by atoms with van der Waals surface area (Å²) in [5, 5.41) is 11.2. The second-order valence-corrected chi connectivity index (χ2v) is 6.79. The van der Waals surface area contributed by atoms with Crippen molar-refractivity contribution in [2.75, 3.05) is 6.61 Å². The zero-order valence-electron chi connectivity index (χ0n) is 13.3. The third kappa shape index (κ3) is 1.88. The number of carbonyl (C=O) groups is 1. The molecule has 0 aromatic heterocycles. The molecule has 4 rings (SSSR count). The van der Waals surface area contributed by atoms with Gasteiger partial charge in [-0.2, -0.15) is 0 Å². The normalized spacial score (nSPS) is 37.1. The quantitative estimate of drug-likeness (QED) is 0.871. The topological polar surface area (TPSA) is 55.8 Å². The predicted octanol–water partition coefficient (Wildman–Crippen LogP) is 3.01. The van der Waals surface area contributed by atoms with Crippen molar-refractivity contribution in [3.63, 3.8) is 0 Å². The standard InChI is InChI=1S/C19H22O4/c1-2-12-22-17(20)18-10-5-11-19(18,21)23-15-9-8-13-6-3-4-7-14(13)16(15)18/h3-4,6-9,15-16,21H,2,5,10-12H2,1H3/t15?,16?,18-,19-/m1/s1. The average Bonchev–Trinajstić information content (AvgIpc) is 3.01. The fourth-order valence-corrected chi connectivity index (χ4v) is 4.61. The van der Waals surface area contributed by atoms with Gasteiger partial charge in [0.25, 0.3) is 0 Å². The lowest BCUT2D eigenvalue weighted by atomic mass is 9.65. The first-order chi connectivity index (χ1) is 11.1. The highest BCUT2D eigenvalue weighted by atomic mass is 16.6. The maximum atomic E-state index is 13.0. The highest BCUT2D eigenvalue weighted by molar-refractivity contribution is 5.82. The van der Waals surface area contributed by atoms with Gasteiger partial charge in [-0.05, 0) is 30.4 Å². The summed E-state index contributed by atoms with van der Waals surface area (Å²) < 4.78 is 11.5. The molecule has 1 N–H and O–H groups in total. The number of benzene rings is 1. The van der Waals surface area contributed by atoms with Gasteiger partial charge in [0.05, 0.1) is 12.7 Å². The molecule has 0 bridgehead atoms. The summed E-state index contributed by atoms with van der Waals surface area (Å²) in [6.45, 7) is 2.35. The summed E-state index contributed by atoms with van der Waals surface area (Å²) in [6, 6.07) is 8.05. The first-order valence-electron chi connectivity index (χ1n) is 8.47. The SMILES string of the molecule is CCCOC(=O)[C@]12CCC[C@@]1(O)OC1C=Cc3ccccc3C12. The minimum Gasteiger partial charge on any atom is -0.465 e. The zero-order valence-corrected chi connectivity index (χ0v) is 13.3. The number of fused-ring (bicyclic) bond motifs is 5. The summed E-state index contributed by atoms with van der Waals surface area (Å²) in [5.41, 5.74) is 1.18. The molecule has 4 atom stereocenters. The van der Waals surface area contributed by atoms with Gasteiger partial charge in [0.1, 0.15) is 5.41 Å². The molecule has 122 valence electrons. The molecule has 1 saturated carbocycles. The van der Waals surface area contributed by atoms with Gasteiger partial charge in [0, 0.05) is 12.3 Å². The number of carbonyl (C=O) groups excluding carboxylic acids is 1. The molecule has 4 nitrogen and oxygen atoms in total. The second-order valence-electron chi connectivity index (χ2n) is 6.79. The molecular weight excluding hydrogens is 292 g/mol. The smallest absolute Gasteiger partial charge is 0.318 e. The summed E-state index contributed by atoms with van der Waals surface area (Å²) in [7, 11) is 0. The Hall–Kier alpha value is -1.65. The van der Waals surface area contributed by atoms with Crippen LogP contribution < -0.4 is 0 Å². The van der Waals surface area contributed by atoms with Gasteiger partial charge in [0.2, 0.25) is 0 Å². The van der Waals surface area contributed by atoms with Gasteiger partial charge in [-0.1, -0.05) is 43.3 Å². The second kappa shape index (κ2) is 5.18. The first kappa shape index (κ1) is 14.9. The van der Waals surface area contributed by atoms with Crippen LogP contribution in [0.5, 0.6) is 0 Å². The molecule has 4 heteroatoms. The van der Waals surface area contributed by atoms with Gasteiger partial charge in [0.15, 0.2) is 5.79 Å². The van der Waals surface area contributed by atoms with Crippen molar-refractivity contribution in [2.45, 2.75) is 50.4 Å². The van der Waals surface area contributed by atoms with Crippen LogP contribution in [0.2, 0.25) is 0 Å². The van der Waals surface area contributed by atoms with Crippen molar-refractivity contribution in [1.82, 2.24) is 0 Å². The zero-order chi connectivity index (χ0) is 16.1. The van der Waals surface area contributed by atoms with Crippen LogP contribution in [0.3, 0.4) is 0 Å². The third-order valence-electron chi connectivity index (χ3n) is 5.57. The van der Waals surface area contributed by atoms with Gasteiger partial charge in [-0.3, -0.25) is 4.79 Å². The van der Waals surface area contributed by atoms with Gasteiger partial charge in [-0.15, -0.1) is 0 Å². The molecule has 1 aliphatic heterocycles. The van der Waals surface area contributed by atoms with E-state index < -0.39 is 11.2 Å².